The summed E-state index contributed by atoms with van der Waals surface area (Å²) in [6.45, 7) is 4.72. The third-order valence-electron chi connectivity index (χ3n) is 4.48. The second-order valence-corrected chi connectivity index (χ2v) is 7.94. The number of ether oxygens (including phenoxy) is 1. The number of hydrogen-bond acceptors (Lipinski definition) is 6. The van der Waals surface area contributed by atoms with Crippen molar-refractivity contribution < 1.29 is 13.9 Å². The Morgan fingerprint density at radius 3 is 2.77 bits per heavy atom. The number of rotatable bonds is 7. The van der Waals surface area contributed by atoms with E-state index in [0.29, 0.717) is 28.9 Å². The molecule has 0 saturated heterocycles. The Morgan fingerprint density at radius 2 is 2.03 bits per heavy atom. The van der Waals surface area contributed by atoms with E-state index in [1.54, 1.807) is 30.7 Å². The third kappa shape index (κ3) is 4.75. The van der Waals surface area contributed by atoms with E-state index in [9.17, 15) is 4.79 Å². The van der Waals surface area contributed by atoms with Crippen molar-refractivity contribution in [1.29, 1.82) is 0 Å². The Balaban J connectivity index is 1.36. The predicted molar refractivity (Wildman–Crippen MR) is 117 cm³/mol. The van der Waals surface area contributed by atoms with Crippen molar-refractivity contribution in [2.45, 2.75) is 26.4 Å². The number of hydrogen-bond donors (Lipinski definition) is 1. The molecule has 0 bridgehead atoms. The average molecular weight is 420 g/mol. The van der Waals surface area contributed by atoms with Crippen molar-refractivity contribution in [1.82, 2.24) is 9.97 Å². The summed E-state index contributed by atoms with van der Waals surface area (Å²) in [5, 5.41) is 4.65. The lowest BCUT2D eigenvalue weighted by molar-refractivity contribution is 0.102. The smallest absolute Gasteiger partial charge is 0.268 e. The lowest BCUT2D eigenvalue weighted by Gasteiger charge is -2.08. The van der Waals surface area contributed by atoms with Gasteiger partial charge in [0.25, 0.3) is 5.91 Å². The molecule has 0 spiro atoms. The van der Waals surface area contributed by atoms with Crippen LogP contribution < -0.4 is 10.1 Å². The predicted octanol–water partition coefficient (Wildman–Crippen LogP) is 5.75. The minimum Gasteiger partial charge on any atom is -0.489 e. The van der Waals surface area contributed by atoms with Gasteiger partial charge in [-0.1, -0.05) is 26.0 Å². The molecule has 0 aliphatic carbocycles. The van der Waals surface area contributed by atoms with Crippen LogP contribution in [0.5, 0.6) is 5.75 Å². The van der Waals surface area contributed by atoms with E-state index >= 15 is 0 Å². The number of aromatic nitrogens is 2. The summed E-state index contributed by atoms with van der Waals surface area (Å²) in [5.41, 5.74) is 2.81. The zero-order valence-electron chi connectivity index (χ0n) is 16.7. The van der Waals surface area contributed by atoms with E-state index in [-0.39, 0.29) is 11.9 Å². The maximum atomic E-state index is 12.6. The fourth-order valence-corrected chi connectivity index (χ4v) is 3.62. The molecule has 1 N–H and O–H groups in total. The minimum atomic E-state index is -0.260. The van der Waals surface area contributed by atoms with Gasteiger partial charge in [-0.15, -0.1) is 11.3 Å². The molecule has 0 unspecified atom stereocenters. The van der Waals surface area contributed by atoms with E-state index in [1.807, 2.05) is 23.6 Å². The van der Waals surface area contributed by atoms with Gasteiger partial charge in [-0.2, -0.15) is 0 Å². The highest BCUT2D eigenvalue weighted by Gasteiger charge is 2.13. The molecule has 0 radical (unpaired) electrons. The van der Waals surface area contributed by atoms with E-state index in [4.69, 9.17) is 9.15 Å². The van der Waals surface area contributed by atoms with Gasteiger partial charge >= 0.3 is 0 Å². The number of nitrogens with zero attached hydrogens (tertiary/aromatic N) is 2. The monoisotopic (exact) mass is 419 g/mol. The Labute approximate surface area is 178 Å². The van der Waals surface area contributed by atoms with Crippen molar-refractivity contribution in [2.24, 2.45) is 0 Å². The fraction of sp³-hybridized carbons (Fsp3) is 0.174. The van der Waals surface area contributed by atoms with Crippen molar-refractivity contribution in [3.05, 3.63) is 82.4 Å². The van der Waals surface area contributed by atoms with E-state index in [1.165, 1.54) is 16.9 Å². The number of thiophene rings is 1. The highest BCUT2D eigenvalue weighted by atomic mass is 32.1. The normalized spacial score (nSPS) is 10.9. The number of nitrogens with one attached hydrogen (secondary N) is 1. The molecular weight excluding hydrogens is 398 g/mol. The third-order valence-corrected chi connectivity index (χ3v) is 5.46. The van der Waals surface area contributed by atoms with Crippen LogP contribution in [-0.4, -0.2) is 15.9 Å². The molecule has 4 rings (SSSR count). The molecule has 3 heterocycles. The van der Waals surface area contributed by atoms with Gasteiger partial charge in [0.05, 0.1) is 11.1 Å². The highest BCUT2D eigenvalue weighted by molar-refractivity contribution is 7.12. The maximum Gasteiger partial charge on any atom is 0.268 e. The molecule has 7 heteroatoms. The second-order valence-electron chi connectivity index (χ2n) is 7.03. The Bertz CT molecular complexity index is 1120. The number of anilines is 1. The van der Waals surface area contributed by atoms with Gasteiger partial charge in [0.2, 0.25) is 5.95 Å². The Morgan fingerprint density at radius 1 is 1.20 bits per heavy atom. The first-order valence-corrected chi connectivity index (χ1v) is 10.4. The summed E-state index contributed by atoms with van der Waals surface area (Å²) in [7, 11) is 0. The molecule has 30 heavy (non-hydrogen) atoms. The van der Waals surface area contributed by atoms with Crippen molar-refractivity contribution in [3.8, 4) is 17.2 Å². The van der Waals surface area contributed by atoms with E-state index in [2.05, 4.69) is 41.3 Å². The summed E-state index contributed by atoms with van der Waals surface area (Å²) in [5.74, 6) is 1.87. The van der Waals surface area contributed by atoms with Gasteiger partial charge in [0, 0.05) is 11.8 Å². The van der Waals surface area contributed by atoms with Crippen LogP contribution in [0, 0.1) is 0 Å². The SMILES string of the molecule is CC(C)c1ccc(OCc2csc(C(=O)Nc3nccc(-c4ccco4)n3)c2)cc1. The van der Waals surface area contributed by atoms with Crippen LogP contribution in [0.3, 0.4) is 0 Å². The fourth-order valence-electron chi connectivity index (χ4n) is 2.83. The summed E-state index contributed by atoms with van der Waals surface area (Å²) in [4.78, 5) is 21.6. The largest absolute Gasteiger partial charge is 0.489 e. The van der Waals surface area contributed by atoms with Crippen LogP contribution in [-0.2, 0) is 6.61 Å². The van der Waals surface area contributed by atoms with Crippen LogP contribution in [0.1, 0.15) is 40.6 Å². The zero-order chi connectivity index (χ0) is 20.9. The van der Waals surface area contributed by atoms with Gasteiger partial charge in [-0.3, -0.25) is 10.1 Å². The second kappa shape index (κ2) is 8.92. The number of benzene rings is 1. The lowest BCUT2D eigenvalue weighted by Crippen LogP contribution is -2.13. The topological polar surface area (TPSA) is 77.2 Å². The van der Waals surface area contributed by atoms with E-state index < -0.39 is 0 Å². The summed E-state index contributed by atoms with van der Waals surface area (Å²) < 4.78 is 11.2. The van der Waals surface area contributed by atoms with Gasteiger partial charge in [-0.25, -0.2) is 9.97 Å². The minimum absolute atomic E-state index is 0.227. The van der Waals surface area contributed by atoms with Crippen molar-refractivity contribution in [2.75, 3.05) is 5.32 Å². The van der Waals surface area contributed by atoms with E-state index in [0.717, 1.165) is 11.3 Å². The summed E-state index contributed by atoms with van der Waals surface area (Å²) in [6.07, 6.45) is 3.16. The Kier molecular flexibility index (Phi) is 5.90. The molecule has 6 nitrogen and oxygen atoms in total. The number of carbonyl (C=O) groups is 1. The number of furan rings is 1. The van der Waals surface area contributed by atoms with Crippen LogP contribution >= 0.6 is 11.3 Å². The number of amides is 1. The van der Waals surface area contributed by atoms with Crippen LogP contribution in [0.15, 0.2) is 70.8 Å². The van der Waals surface area contributed by atoms with Crippen LogP contribution in [0.4, 0.5) is 5.95 Å². The first kappa shape index (κ1) is 19.8. The van der Waals surface area contributed by atoms with Gasteiger partial charge in [0.1, 0.15) is 18.1 Å². The standard InChI is InChI=1S/C23H21N3O3S/c1-15(2)17-5-7-18(8-6-17)29-13-16-12-21(30-14-16)22(27)26-23-24-10-9-19(25-23)20-4-3-11-28-20/h3-12,14-15H,13H2,1-2H3,(H,24,25,26,27). The maximum absolute atomic E-state index is 12.6. The quantitative estimate of drug-likeness (QED) is 0.412. The van der Waals surface area contributed by atoms with Crippen molar-refractivity contribution >= 4 is 23.2 Å². The molecular formula is C23H21N3O3S. The molecule has 4 aromatic rings. The van der Waals surface area contributed by atoms with Crippen LogP contribution in [0.2, 0.25) is 0 Å². The highest BCUT2D eigenvalue weighted by Crippen LogP contribution is 2.22. The lowest BCUT2D eigenvalue weighted by atomic mass is 10.0. The molecule has 0 aliphatic heterocycles. The molecule has 1 aromatic carbocycles. The molecule has 0 aliphatic rings. The molecule has 0 atom stereocenters. The van der Waals surface area contributed by atoms with Gasteiger partial charge in [-0.05, 0) is 53.3 Å². The number of carbonyl (C=O) groups excluding carboxylic acids is 1. The molecule has 1 amide bonds. The Hall–Kier alpha value is -3.45. The first-order valence-electron chi connectivity index (χ1n) is 9.57. The van der Waals surface area contributed by atoms with Crippen LogP contribution in [0.25, 0.3) is 11.5 Å². The van der Waals surface area contributed by atoms with Gasteiger partial charge in [0.15, 0.2) is 5.76 Å². The average Bonchev–Trinajstić information content (AvgIpc) is 3.45. The van der Waals surface area contributed by atoms with Crippen molar-refractivity contribution in [3.63, 3.8) is 0 Å². The zero-order valence-corrected chi connectivity index (χ0v) is 17.5. The van der Waals surface area contributed by atoms with Gasteiger partial charge < -0.3 is 9.15 Å². The summed E-state index contributed by atoms with van der Waals surface area (Å²) in [6, 6.07) is 15.2. The first-order chi connectivity index (χ1) is 14.6. The molecule has 0 saturated carbocycles. The molecule has 0 fully saturated rings. The molecule has 3 aromatic heterocycles. The molecule has 152 valence electrons. The summed E-state index contributed by atoms with van der Waals surface area (Å²) >= 11 is 1.35.